The van der Waals surface area contributed by atoms with Crippen molar-refractivity contribution in [1.29, 1.82) is 0 Å². The van der Waals surface area contributed by atoms with Crippen molar-refractivity contribution in [2.45, 2.75) is 26.9 Å². The molecule has 0 N–H and O–H groups in total. The van der Waals surface area contributed by atoms with Gasteiger partial charge >= 0.3 is 5.97 Å². The number of carbonyl (C=O) groups excluding carboxylic acids is 1. The van der Waals surface area contributed by atoms with Crippen molar-refractivity contribution in [3.05, 3.63) is 89.0 Å². The van der Waals surface area contributed by atoms with E-state index in [0.29, 0.717) is 12.2 Å². The molecule has 0 unspecified atom stereocenters. The van der Waals surface area contributed by atoms with E-state index in [1.165, 1.54) is 18.2 Å². The Kier molecular flexibility index (Phi) is 5.92. The fraction of sp³-hybridized carbons (Fsp3) is 0.208. The molecular weight excluding hydrogens is 336 g/mol. The number of para-hydroxylation sites is 1. The van der Waals surface area contributed by atoms with Crippen molar-refractivity contribution < 1.29 is 14.3 Å². The van der Waals surface area contributed by atoms with Crippen molar-refractivity contribution in [2.75, 3.05) is 7.11 Å². The summed E-state index contributed by atoms with van der Waals surface area (Å²) in [6.07, 6.45) is 0.971. The number of esters is 1. The van der Waals surface area contributed by atoms with Crippen molar-refractivity contribution in [2.24, 2.45) is 0 Å². The summed E-state index contributed by atoms with van der Waals surface area (Å²) in [5.74, 6) is 0.565. The largest absolute Gasteiger partial charge is 0.488 e. The zero-order valence-electron chi connectivity index (χ0n) is 16.0. The topological polar surface area (TPSA) is 35.5 Å². The summed E-state index contributed by atoms with van der Waals surface area (Å²) in [7, 11) is 1.38. The Morgan fingerprint density at radius 1 is 0.889 bits per heavy atom. The van der Waals surface area contributed by atoms with E-state index in [9.17, 15) is 4.79 Å². The zero-order chi connectivity index (χ0) is 19.2. The van der Waals surface area contributed by atoms with Gasteiger partial charge in [-0.25, -0.2) is 4.79 Å². The molecule has 0 radical (unpaired) electrons. The van der Waals surface area contributed by atoms with Gasteiger partial charge in [0.25, 0.3) is 0 Å². The molecule has 138 valence electrons. The van der Waals surface area contributed by atoms with Crippen LogP contribution < -0.4 is 4.74 Å². The van der Waals surface area contributed by atoms with Crippen molar-refractivity contribution >= 4 is 5.97 Å². The van der Waals surface area contributed by atoms with Gasteiger partial charge in [0, 0.05) is 5.56 Å². The number of methoxy groups -OCH3 is 1. The summed E-state index contributed by atoms with van der Waals surface area (Å²) in [5, 5.41) is 0. The van der Waals surface area contributed by atoms with E-state index in [2.05, 4.69) is 56.3 Å². The van der Waals surface area contributed by atoms with Crippen LogP contribution in [-0.2, 0) is 17.8 Å². The maximum Gasteiger partial charge on any atom is 0.337 e. The number of aryl methyl sites for hydroxylation is 2. The van der Waals surface area contributed by atoms with Gasteiger partial charge in [0.2, 0.25) is 0 Å². The summed E-state index contributed by atoms with van der Waals surface area (Å²) in [6, 6.07) is 22.0. The summed E-state index contributed by atoms with van der Waals surface area (Å²) < 4.78 is 11.0. The molecule has 0 aliphatic rings. The van der Waals surface area contributed by atoms with Gasteiger partial charge in [-0.15, -0.1) is 0 Å². The van der Waals surface area contributed by atoms with Gasteiger partial charge in [-0.1, -0.05) is 61.5 Å². The first-order chi connectivity index (χ1) is 13.1. The van der Waals surface area contributed by atoms with E-state index in [0.717, 1.165) is 28.9 Å². The molecule has 0 saturated heterocycles. The average Bonchev–Trinajstić information content (AvgIpc) is 2.72. The molecule has 0 atom stereocenters. The Morgan fingerprint density at radius 3 is 2.30 bits per heavy atom. The molecule has 3 rings (SSSR count). The first-order valence-corrected chi connectivity index (χ1v) is 9.12. The van der Waals surface area contributed by atoms with Gasteiger partial charge in [0.15, 0.2) is 0 Å². The van der Waals surface area contributed by atoms with Gasteiger partial charge in [-0.2, -0.15) is 0 Å². The van der Waals surface area contributed by atoms with Crippen LogP contribution in [0.25, 0.3) is 11.1 Å². The fourth-order valence-corrected chi connectivity index (χ4v) is 3.16. The van der Waals surface area contributed by atoms with Crippen LogP contribution in [0.5, 0.6) is 5.75 Å². The second-order valence-electron chi connectivity index (χ2n) is 6.44. The highest BCUT2D eigenvalue weighted by Gasteiger charge is 2.12. The average molecular weight is 360 g/mol. The van der Waals surface area contributed by atoms with E-state index in [1.807, 2.05) is 12.1 Å². The molecule has 0 aliphatic carbocycles. The summed E-state index contributed by atoms with van der Waals surface area (Å²) >= 11 is 0. The van der Waals surface area contributed by atoms with Gasteiger partial charge in [-0.05, 0) is 47.7 Å². The summed E-state index contributed by atoms with van der Waals surface area (Å²) in [4.78, 5) is 11.6. The molecule has 0 bridgehead atoms. The summed E-state index contributed by atoms with van der Waals surface area (Å²) in [6.45, 7) is 4.67. The Hall–Kier alpha value is -3.07. The van der Waals surface area contributed by atoms with Crippen molar-refractivity contribution in [3.63, 3.8) is 0 Å². The predicted octanol–water partition coefficient (Wildman–Crippen LogP) is 5.59. The molecule has 3 heteroatoms. The van der Waals surface area contributed by atoms with Gasteiger partial charge in [0.05, 0.1) is 12.7 Å². The first kappa shape index (κ1) is 18.7. The van der Waals surface area contributed by atoms with Crippen LogP contribution in [-0.4, -0.2) is 13.1 Å². The SMILES string of the molecule is CCc1ccccc1-c1cccc(C)c1OCc1ccc(C(=O)OC)cc1. The molecule has 0 amide bonds. The van der Waals surface area contributed by atoms with Crippen LogP contribution in [0.3, 0.4) is 0 Å². The molecule has 0 aromatic heterocycles. The minimum atomic E-state index is -0.333. The Labute approximate surface area is 160 Å². The van der Waals surface area contributed by atoms with Crippen LogP contribution in [0.2, 0.25) is 0 Å². The first-order valence-electron chi connectivity index (χ1n) is 9.12. The normalized spacial score (nSPS) is 10.5. The fourth-order valence-electron chi connectivity index (χ4n) is 3.16. The molecule has 3 nitrogen and oxygen atoms in total. The van der Waals surface area contributed by atoms with Crippen molar-refractivity contribution in [1.82, 2.24) is 0 Å². The maximum atomic E-state index is 11.6. The molecule has 0 spiro atoms. The number of carbonyl (C=O) groups is 1. The Balaban J connectivity index is 1.86. The molecule has 3 aromatic carbocycles. The van der Waals surface area contributed by atoms with Crippen LogP contribution in [0.4, 0.5) is 0 Å². The number of benzene rings is 3. The van der Waals surface area contributed by atoms with Crippen molar-refractivity contribution in [3.8, 4) is 16.9 Å². The smallest absolute Gasteiger partial charge is 0.337 e. The Bertz CT molecular complexity index is 927. The highest BCUT2D eigenvalue weighted by Crippen LogP contribution is 2.35. The van der Waals surface area contributed by atoms with Gasteiger partial charge in [-0.3, -0.25) is 0 Å². The van der Waals surface area contributed by atoms with E-state index < -0.39 is 0 Å². The quantitative estimate of drug-likeness (QED) is 0.538. The number of hydrogen-bond acceptors (Lipinski definition) is 3. The Morgan fingerprint density at radius 2 is 1.59 bits per heavy atom. The van der Waals surface area contributed by atoms with E-state index in [1.54, 1.807) is 12.1 Å². The lowest BCUT2D eigenvalue weighted by Gasteiger charge is -2.16. The third kappa shape index (κ3) is 4.20. The third-order valence-electron chi connectivity index (χ3n) is 4.66. The van der Waals surface area contributed by atoms with Crippen LogP contribution in [0, 0.1) is 6.92 Å². The molecule has 27 heavy (non-hydrogen) atoms. The van der Waals surface area contributed by atoms with E-state index >= 15 is 0 Å². The lowest BCUT2D eigenvalue weighted by molar-refractivity contribution is 0.0600. The number of rotatable bonds is 6. The number of ether oxygens (including phenoxy) is 2. The summed E-state index contributed by atoms with van der Waals surface area (Å²) in [5.41, 5.74) is 6.26. The van der Waals surface area contributed by atoms with E-state index in [-0.39, 0.29) is 5.97 Å². The standard InChI is InChI=1S/C24H24O3/c1-4-19-9-5-6-10-21(19)22-11-7-8-17(2)23(22)27-16-18-12-14-20(15-13-18)24(25)26-3/h5-15H,4,16H2,1-3H3. The monoisotopic (exact) mass is 360 g/mol. The second kappa shape index (κ2) is 8.54. The maximum absolute atomic E-state index is 11.6. The minimum absolute atomic E-state index is 0.333. The van der Waals surface area contributed by atoms with Gasteiger partial charge in [0.1, 0.15) is 12.4 Å². The second-order valence-corrected chi connectivity index (χ2v) is 6.44. The molecule has 0 fully saturated rings. The van der Waals surface area contributed by atoms with Crippen LogP contribution >= 0.6 is 0 Å². The number of hydrogen-bond donors (Lipinski definition) is 0. The highest BCUT2D eigenvalue weighted by atomic mass is 16.5. The van der Waals surface area contributed by atoms with Crippen LogP contribution in [0.15, 0.2) is 66.7 Å². The lowest BCUT2D eigenvalue weighted by atomic mass is 9.96. The highest BCUT2D eigenvalue weighted by molar-refractivity contribution is 5.89. The molecule has 0 heterocycles. The third-order valence-corrected chi connectivity index (χ3v) is 4.66. The molecule has 3 aromatic rings. The molecule has 0 saturated carbocycles. The van der Waals surface area contributed by atoms with Crippen LogP contribution in [0.1, 0.15) is 34.0 Å². The lowest BCUT2D eigenvalue weighted by Crippen LogP contribution is -2.03. The molecule has 0 aliphatic heterocycles. The zero-order valence-corrected chi connectivity index (χ0v) is 16.0. The minimum Gasteiger partial charge on any atom is -0.488 e. The predicted molar refractivity (Wildman–Crippen MR) is 108 cm³/mol. The van der Waals surface area contributed by atoms with Gasteiger partial charge < -0.3 is 9.47 Å². The molecular formula is C24H24O3. The van der Waals surface area contributed by atoms with E-state index in [4.69, 9.17) is 9.47 Å².